The van der Waals surface area contributed by atoms with Crippen LogP contribution >= 0.6 is 0 Å². The molecule has 29 heavy (non-hydrogen) atoms. The second kappa shape index (κ2) is 9.31. The maximum absolute atomic E-state index is 13.0. The van der Waals surface area contributed by atoms with Crippen molar-refractivity contribution in [2.24, 2.45) is 0 Å². The SMILES string of the molecule is CCc1ccc(NS(=O)(=O)c2cc(C(=O)N3CCCCCC3)ccc2OC)cc1. The summed E-state index contributed by atoms with van der Waals surface area (Å²) >= 11 is 0. The number of nitrogens with one attached hydrogen (secondary N) is 1. The van der Waals surface area contributed by atoms with Crippen molar-refractivity contribution in [3.63, 3.8) is 0 Å². The molecule has 3 rings (SSSR count). The molecular weight excluding hydrogens is 388 g/mol. The molecule has 1 heterocycles. The van der Waals surface area contributed by atoms with E-state index in [-0.39, 0.29) is 16.6 Å². The van der Waals surface area contributed by atoms with Crippen LogP contribution in [0.5, 0.6) is 5.75 Å². The molecule has 2 aromatic rings. The second-order valence-electron chi connectivity index (χ2n) is 7.23. The predicted octanol–water partition coefficient (Wildman–Crippen LogP) is 4.07. The minimum absolute atomic E-state index is 0.0414. The molecule has 1 N–H and O–H groups in total. The molecule has 0 aromatic heterocycles. The zero-order valence-electron chi connectivity index (χ0n) is 17.0. The van der Waals surface area contributed by atoms with Gasteiger partial charge < -0.3 is 9.64 Å². The van der Waals surface area contributed by atoms with Crippen molar-refractivity contribution in [2.45, 2.75) is 43.9 Å². The average Bonchev–Trinajstić information content (AvgIpc) is 3.02. The summed E-state index contributed by atoms with van der Waals surface area (Å²) in [6.45, 7) is 3.45. The minimum Gasteiger partial charge on any atom is -0.495 e. The number of amides is 1. The molecule has 1 fully saturated rings. The lowest BCUT2D eigenvalue weighted by atomic mass is 10.2. The van der Waals surface area contributed by atoms with Crippen LogP contribution < -0.4 is 9.46 Å². The summed E-state index contributed by atoms with van der Waals surface area (Å²) in [5.41, 5.74) is 1.94. The first kappa shape index (κ1) is 21.2. The number of sulfonamides is 1. The topological polar surface area (TPSA) is 75.7 Å². The Hall–Kier alpha value is -2.54. The molecule has 1 saturated heterocycles. The molecule has 0 saturated carbocycles. The number of nitrogens with zero attached hydrogens (tertiary/aromatic N) is 1. The van der Waals surface area contributed by atoms with Gasteiger partial charge in [-0.1, -0.05) is 31.9 Å². The molecule has 0 bridgehead atoms. The highest BCUT2D eigenvalue weighted by Gasteiger charge is 2.24. The second-order valence-corrected chi connectivity index (χ2v) is 8.88. The first-order valence-corrected chi connectivity index (χ1v) is 11.5. The molecule has 1 aliphatic rings. The maximum Gasteiger partial charge on any atom is 0.265 e. The minimum atomic E-state index is -3.92. The van der Waals surface area contributed by atoms with Crippen LogP contribution in [-0.4, -0.2) is 39.4 Å². The van der Waals surface area contributed by atoms with Gasteiger partial charge in [-0.3, -0.25) is 9.52 Å². The van der Waals surface area contributed by atoms with Crippen LogP contribution in [0.25, 0.3) is 0 Å². The first-order chi connectivity index (χ1) is 13.9. The Morgan fingerprint density at radius 2 is 1.69 bits per heavy atom. The standard InChI is InChI=1S/C22H28N2O4S/c1-3-17-8-11-19(12-9-17)23-29(26,27)21-16-18(10-13-20(21)28-2)22(25)24-14-6-4-5-7-15-24/h8-13,16,23H,3-7,14-15H2,1-2H3. The van der Waals surface area contributed by atoms with Crippen LogP contribution in [0.4, 0.5) is 5.69 Å². The Morgan fingerprint density at radius 3 is 2.28 bits per heavy atom. The largest absolute Gasteiger partial charge is 0.495 e. The van der Waals surface area contributed by atoms with E-state index in [4.69, 9.17) is 4.74 Å². The molecular formula is C22H28N2O4S. The summed E-state index contributed by atoms with van der Waals surface area (Å²) in [6.07, 6.45) is 5.06. The number of carbonyl (C=O) groups is 1. The third-order valence-electron chi connectivity index (χ3n) is 5.21. The summed E-state index contributed by atoms with van der Waals surface area (Å²) < 4.78 is 33.9. The molecule has 0 atom stereocenters. The number of benzene rings is 2. The van der Waals surface area contributed by atoms with E-state index in [1.165, 1.54) is 13.2 Å². The van der Waals surface area contributed by atoms with Crippen molar-refractivity contribution in [2.75, 3.05) is 24.9 Å². The number of ether oxygens (including phenoxy) is 1. The summed E-state index contributed by atoms with van der Waals surface area (Å²) in [6, 6.07) is 11.8. The summed E-state index contributed by atoms with van der Waals surface area (Å²) in [5, 5.41) is 0. The molecule has 0 aliphatic carbocycles. The zero-order chi connectivity index (χ0) is 20.9. The number of hydrogen-bond donors (Lipinski definition) is 1. The van der Waals surface area contributed by atoms with Crippen LogP contribution in [0, 0.1) is 0 Å². The van der Waals surface area contributed by atoms with Crippen molar-refractivity contribution in [3.8, 4) is 5.75 Å². The smallest absolute Gasteiger partial charge is 0.265 e. The van der Waals surface area contributed by atoms with Gasteiger partial charge in [0.1, 0.15) is 10.6 Å². The summed E-state index contributed by atoms with van der Waals surface area (Å²) in [4.78, 5) is 14.7. The van der Waals surface area contributed by atoms with Gasteiger partial charge in [-0.2, -0.15) is 0 Å². The number of methoxy groups -OCH3 is 1. The fourth-order valence-electron chi connectivity index (χ4n) is 3.49. The molecule has 1 amide bonds. The van der Waals surface area contributed by atoms with Gasteiger partial charge in [0.2, 0.25) is 0 Å². The van der Waals surface area contributed by atoms with Crippen molar-refractivity contribution in [3.05, 3.63) is 53.6 Å². The Kier molecular flexibility index (Phi) is 6.79. The van der Waals surface area contributed by atoms with Gasteiger partial charge in [-0.25, -0.2) is 8.42 Å². The van der Waals surface area contributed by atoms with Gasteiger partial charge in [0.15, 0.2) is 0 Å². The van der Waals surface area contributed by atoms with Gasteiger partial charge in [-0.05, 0) is 55.2 Å². The third-order valence-corrected chi connectivity index (χ3v) is 6.61. The van der Waals surface area contributed by atoms with Crippen molar-refractivity contribution < 1.29 is 17.9 Å². The fraction of sp³-hybridized carbons (Fsp3) is 0.409. The number of rotatable bonds is 6. The summed E-state index contributed by atoms with van der Waals surface area (Å²) in [7, 11) is -2.50. The summed E-state index contributed by atoms with van der Waals surface area (Å²) in [5.74, 6) is 0.0633. The monoisotopic (exact) mass is 416 g/mol. The first-order valence-electron chi connectivity index (χ1n) is 10.0. The van der Waals surface area contributed by atoms with Crippen molar-refractivity contribution in [1.29, 1.82) is 0 Å². The Morgan fingerprint density at radius 1 is 1.03 bits per heavy atom. The number of anilines is 1. The van der Waals surface area contributed by atoms with Gasteiger partial charge in [0.25, 0.3) is 15.9 Å². The molecule has 0 radical (unpaired) electrons. The molecule has 2 aromatic carbocycles. The van der Waals surface area contributed by atoms with E-state index in [0.717, 1.165) is 37.7 Å². The lowest BCUT2D eigenvalue weighted by molar-refractivity contribution is 0.0761. The molecule has 7 heteroatoms. The molecule has 6 nitrogen and oxygen atoms in total. The van der Waals surface area contributed by atoms with Crippen LogP contribution in [0.2, 0.25) is 0 Å². The van der Waals surface area contributed by atoms with Crippen molar-refractivity contribution >= 4 is 21.6 Å². The van der Waals surface area contributed by atoms with E-state index < -0.39 is 10.0 Å². The van der Waals surface area contributed by atoms with Gasteiger partial charge >= 0.3 is 0 Å². The van der Waals surface area contributed by atoms with Gasteiger partial charge in [-0.15, -0.1) is 0 Å². The highest BCUT2D eigenvalue weighted by Crippen LogP contribution is 2.28. The van der Waals surface area contributed by atoms with Gasteiger partial charge in [0.05, 0.1) is 7.11 Å². The van der Waals surface area contributed by atoms with Crippen LogP contribution in [0.15, 0.2) is 47.4 Å². The van der Waals surface area contributed by atoms with Crippen LogP contribution in [0.1, 0.15) is 48.5 Å². The zero-order valence-corrected chi connectivity index (χ0v) is 17.8. The van der Waals surface area contributed by atoms with E-state index in [1.807, 2.05) is 24.0 Å². The van der Waals surface area contributed by atoms with E-state index in [1.54, 1.807) is 24.3 Å². The van der Waals surface area contributed by atoms with E-state index in [0.29, 0.717) is 24.3 Å². The van der Waals surface area contributed by atoms with E-state index in [2.05, 4.69) is 4.72 Å². The highest BCUT2D eigenvalue weighted by atomic mass is 32.2. The molecule has 0 unspecified atom stereocenters. The Balaban J connectivity index is 1.89. The van der Waals surface area contributed by atoms with Crippen LogP contribution in [0.3, 0.4) is 0 Å². The average molecular weight is 417 g/mol. The lowest BCUT2D eigenvalue weighted by Crippen LogP contribution is -2.32. The fourth-order valence-corrected chi connectivity index (χ4v) is 4.75. The predicted molar refractivity (Wildman–Crippen MR) is 114 cm³/mol. The van der Waals surface area contributed by atoms with Crippen molar-refractivity contribution in [1.82, 2.24) is 4.90 Å². The molecule has 156 valence electrons. The van der Waals surface area contributed by atoms with E-state index >= 15 is 0 Å². The maximum atomic E-state index is 13.0. The molecule has 0 spiro atoms. The quantitative estimate of drug-likeness (QED) is 0.770. The van der Waals surface area contributed by atoms with E-state index in [9.17, 15) is 13.2 Å². The highest BCUT2D eigenvalue weighted by molar-refractivity contribution is 7.92. The lowest BCUT2D eigenvalue weighted by Gasteiger charge is -2.21. The number of carbonyl (C=O) groups excluding carboxylic acids is 1. The third kappa shape index (κ3) is 5.09. The van der Waals surface area contributed by atoms with Crippen LogP contribution in [-0.2, 0) is 16.4 Å². The number of likely N-dealkylation sites (tertiary alicyclic amines) is 1. The Labute approximate surface area is 172 Å². The number of hydrogen-bond acceptors (Lipinski definition) is 4. The number of aryl methyl sites for hydroxylation is 1. The van der Waals surface area contributed by atoms with Gasteiger partial charge in [0, 0.05) is 24.3 Å². The Bertz CT molecular complexity index is 947. The normalized spacial score (nSPS) is 14.9. The molecule has 1 aliphatic heterocycles.